The van der Waals surface area contributed by atoms with Crippen LogP contribution < -0.4 is 10.1 Å². The van der Waals surface area contributed by atoms with Gasteiger partial charge in [0.15, 0.2) is 11.6 Å². The van der Waals surface area contributed by atoms with Gasteiger partial charge in [0.25, 0.3) is 0 Å². The molecule has 0 aliphatic carbocycles. The number of nitrogens with zero attached hydrogens (tertiary/aromatic N) is 2. The predicted octanol–water partition coefficient (Wildman–Crippen LogP) is 4.49. The highest BCUT2D eigenvalue weighted by molar-refractivity contribution is 9.10. The Morgan fingerprint density at radius 1 is 1.26 bits per heavy atom. The number of halogens is 2. The van der Waals surface area contributed by atoms with Crippen LogP contribution >= 0.6 is 15.9 Å². The number of rotatable bonds is 6. The molecule has 0 bridgehead atoms. The molecule has 0 unspecified atom stereocenters. The lowest BCUT2D eigenvalue weighted by Gasteiger charge is -2.08. The van der Waals surface area contributed by atoms with Crippen LogP contribution in [0.25, 0.3) is 6.08 Å². The molecule has 3 aromatic rings. The van der Waals surface area contributed by atoms with Crippen LogP contribution in [-0.2, 0) is 11.3 Å². The Morgan fingerprint density at radius 3 is 2.74 bits per heavy atom. The third-order valence-electron chi connectivity index (χ3n) is 3.82. The molecule has 0 saturated carbocycles. The molecule has 0 fully saturated rings. The van der Waals surface area contributed by atoms with E-state index in [4.69, 9.17) is 4.74 Å². The van der Waals surface area contributed by atoms with Gasteiger partial charge < -0.3 is 10.1 Å². The lowest BCUT2D eigenvalue weighted by Crippen LogP contribution is -2.13. The van der Waals surface area contributed by atoms with E-state index in [0.717, 1.165) is 10.0 Å². The van der Waals surface area contributed by atoms with Crippen molar-refractivity contribution in [3.05, 3.63) is 82.2 Å². The van der Waals surface area contributed by atoms with Crippen LogP contribution in [0.5, 0.6) is 5.75 Å². The largest absolute Gasteiger partial charge is 0.494 e. The van der Waals surface area contributed by atoms with Gasteiger partial charge in [-0.05, 0) is 41.5 Å². The summed E-state index contributed by atoms with van der Waals surface area (Å²) in [5.74, 6) is -0.0710. The van der Waals surface area contributed by atoms with Gasteiger partial charge in [-0.15, -0.1) is 0 Å². The molecular formula is C20H17BrFN3O2. The van der Waals surface area contributed by atoms with Gasteiger partial charge in [-0.2, -0.15) is 5.10 Å². The quantitative estimate of drug-likeness (QED) is 0.587. The van der Waals surface area contributed by atoms with Crippen molar-refractivity contribution in [3.63, 3.8) is 0 Å². The lowest BCUT2D eigenvalue weighted by atomic mass is 10.2. The second-order valence-electron chi connectivity index (χ2n) is 5.72. The van der Waals surface area contributed by atoms with Gasteiger partial charge in [0.2, 0.25) is 5.91 Å². The van der Waals surface area contributed by atoms with Gasteiger partial charge in [0.05, 0.1) is 19.9 Å². The standard InChI is InChI=1S/C20H17BrFN3O2/c1-27-18-8-4-14(12-17(18)22)5-9-20(26)24-19-10-11-23-25(19)13-15-2-6-16(21)7-3-15/h2-12H,13H2,1H3,(H,24,26)/b9-5+. The summed E-state index contributed by atoms with van der Waals surface area (Å²) in [6, 6.07) is 14.1. The highest BCUT2D eigenvalue weighted by Crippen LogP contribution is 2.18. The highest BCUT2D eigenvalue weighted by Gasteiger charge is 2.07. The van der Waals surface area contributed by atoms with Crippen molar-refractivity contribution in [2.75, 3.05) is 12.4 Å². The Balaban J connectivity index is 1.65. The van der Waals surface area contributed by atoms with Gasteiger partial charge in [0.1, 0.15) is 5.82 Å². The Labute approximate surface area is 164 Å². The number of carbonyl (C=O) groups excluding carboxylic acids is 1. The molecule has 27 heavy (non-hydrogen) atoms. The zero-order chi connectivity index (χ0) is 19.2. The second kappa shape index (κ2) is 8.64. The Bertz CT molecular complexity index is 968. The van der Waals surface area contributed by atoms with Crippen LogP contribution in [0.1, 0.15) is 11.1 Å². The minimum absolute atomic E-state index is 0.161. The second-order valence-corrected chi connectivity index (χ2v) is 6.63. The number of benzene rings is 2. The van der Waals surface area contributed by atoms with Crippen LogP contribution in [0.4, 0.5) is 10.2 Å². The highest BCUT2D eigenvalue weighted by atomic mass is 79.9. The number of amides is 1. The molecule has 7 heteroatoms. The third kappa shape index (κ3) is 5.04. The first-order valence-corrected chi connectivity index (χ1v) is 8.93. The van der Waals surface area contributed by atoms with E-state index in [1.807, 2.05) is 24.3 Å². The molecule has 1 heterocycles. The van der Waals surface area contributed by atoms with E-state index < -0.39 is 5.82 Å². The molecule has 1 N–H and O–H groups in total. The molecule has 1 aromatic heterocycles. The first kappa shape index (κ1) is 18.8. The fraction of sp³-hybridized carbons (Fsp3) is 0.100. The average Bonchev–Trinajstić information content (AvgIpc) is 3.08. The van der Waals surface area contributed by atoms with Crippen molar-refractivity contribution >= 4 is 33.7 Å². The molecule has 0 saturated heterocycles. The zero-order valence-corrected chi connectivity index (χ0v) is 16.1. The molecular weight excluding hydrogens is 413 g/mol. The van der Waals surface area contributed by atoms with Gasteiger partial charge >= 0.3 is 0 Å². The minimum atomic E-state index is -0.479. The first-order chi connectivity index (χ1) is 13.0. The number of hydrogen-bond acceptors (Lipinski definition) is 3. The number of hydrogen-bond donors (Lipinski definition) is 1. The van der Waals surface area contributed by atoms with Crippen molar-refractivity contribution in [2.24, 2.45) is 0 Å². The summed E-state index contributed by atoms with van der Waals surface area (Å²) in [5, 5.41) is 7.02. The molecule has 0 aliphatic heterocycles. The minimum Gasteiger partial charge on any atom is -0.494 e. The number of anilines is 1. The van der Waals surface area contributed by atoms with E-state index in [1.54, 1.807) is 23.0 Å². The summed E-state index contributed by atoms with van der Waals surface area (Å²) in [5.41, 5.74) is 1.62. The van der Waals surface area contributed by atoms with Crippen molar-refractivity contribution < 1.29 is 13.9 Å². The molecule has 0 aliphatic rings. The van der Waals surface area contributed by atoms with Crippen LogP contribution in [0, 0.1) is 5.82 Å². The van der Waals surface area contributed by atoms with Gasteiger partial charge in [-0.1, -0.05) is 34.1 Å². The molecule has 1 amide bonds. The van der Waals surface area contributed by atoms with Crippen LogP contribution in [0.15, 0.2) is 65.3 Å². The maximum Gasteiger partial charge on any atom is 0.249 e. The summed E-state index contributed by atoms with van der Waals surface area (Å²) in [7, 11) is 1.40. The molecule has 3 rings (SSSR count). The summed E-state index contributed by atoms with van der Waals surface area (Å²) in [4.78, 5) is 12.2. The van der Waals surface area contributed by atoms with E-state index in [1.165, 1.54) is 31.4 Å². The van der Waals surface area contributed by atoms with E-state index in [9.17, 15) is 9.18 Å². The number of carbonyl (C=O) groups is 1. The predicted molar refractivity (Wildman–Crippen MR) is 106 cm³/mol. The maximum absolute atomic E-state index is 13.7. The van der Waals surface area contributed by atoms with Crippen molar-refractivity contribution in [2.45, 2.75) is 6.54 Å². The van der Waals surface area contributed by atoms with Gasteiger partial charge in [-0.25, -0.2) is 9.07 Å². The van der Waals surface area contributed by atoms with Gasteiger partial charge in [-0.3, -0.25) is 4.79 Å². The van der Waals surface area contributed by atoms with Crippen molar-refractivity contribution in [3.8, 4) is 5.75 Å². The normalized spacial score (nSPS) is 10.9. The monoisotopic (exact) mass is 429 g/mol. The fourth-order valence-electron chi connectivity index (χ4n) is 2.45. The van der Waals surface area contributed by atoms with E-state index in [-0.39, 0.29) is 11.7 Å². The molecule has 0 atom stereocenters. The molecule has 2 aromatic carbocycles. The number of methoxy groups -OCH3 is 1. The molecule has 138 valence electrons. The van der Waals surface area contributed by atoms with Crippen LogP contribution in [0.3, 0.4) is 0 Å². The molecule has 0 radical (unpaired) electrons. The van der Waals surface area contributed by atoms with Crippen molar-refractivity contribution in [1.29, 1.82) is 0 Å². The summed E-state index contributed by atoms with van der Waals surface area (Å²) in [6.45, 7) is 0.531. The smallest absolute Gasteiger partial charge is 0.249 e. The Morgan fingerprint density at radius 2 is 2.04 bits per heavy atom. The summed E-state index contributed by atoms with van der Waals surface area (Å²) >= 11 is 3.40. The molecule has 5 nitrogen and oxygen atoms in total. The maximum atomic E-state index is 13.7. The topological polar surface area (TPSA) is 56.1 Å². The summed E-state index contributed by atoms with van der Waals surface area (Å²) < 4.78 is 21.3. The van der Waals surface area contributed by atoms with Crippen LogP contribution in [-0.4, -0.2) is 22.8 Å². The van der Waals surface area contributed by atoms with E-state index >= 15 is 0 Å². The fourth-order valence-corrected chi connectivity index (χ4v) is 2.72. The molecule has 0 spiro atoms. The SMILES string of the molecule is COc1ccc(/C=C/C(=O)Nc2ccnn2Cc2ccc(Br)cc2)cc1F. The average molecular weight is 430 g/mol. The van der Waals surface area contributed by atoms with Crippen molar-refractivity contribution in [1.82, 2.24) is 9.78 Å². The first-order valence-electron chi connectivity index (χ1n) is 8.14. The number of aromatic nitrogens is 2. The zero-order valence-electron chi connectivity index (χ0n) is 14.5. The number of nitrogens with one attached hydrogen (secondary N) is 1. The van der Waals surface area contributed by atoms with Crippen LogP contribution in [0.2, 0.25) is 0 Å². The Kier molecular flexibility index (Phi) is 6.03. The number of ether oxygens (including phenoxy) is 1. The lowest BCUT2D eigenvalue weighted by molar-refractivity contribution is -0.111. The third-order valence-corrected chi connectivity index (χ3v) is 4.35. The van der Waals surface area contributed by atoms with Gasteiger partial charge in [0, 0.05) is 16.6 Å². The van der Waals surface area contributed by atoms with E-state index in [0.29, 0.717) is 17.9 Å². The Hall–Kier alpha value is -2.93. The van der Waals surface area contributed by atoms with E-state index in [2.05, 4.69) is 26.3 Å². The summed E-state index contributed by atoms with van der Waals surface area (Å²) in [6.07, 6.45) is 4.50.